The van der Waals surface area contributed by atoms with Gasteiger partial charge in [0, 0.05) is 26.6 Å². The molecule has 4 nitrogen and oxygen atoms in total. The summed E-state index contributed by atoms with van der Waals surface area (Å²) in [6, 6.07) is 15.1. The lowest BCUT2D eigenvalue weighted by molar-refractivity contribution is 0.959. The highest BCUT2D eigenvalue weighted by atomic mass is 32.1. The van der Waals surface area contributed by atoms with E-state index in [4.69, 9.17) is 0 Å². The molecule has 4 aromatic rings. The topological polar surface area (TPSA) is 58.6 Å². The Labute approximate surface area is 117 Å². The van der Waals surface area contributed by atoms with E-state index in [-0.39, 0.29) is 5.43 Å². The first-order chi connectivity index (χ1) is 9.83. The van der Waals surface area contributed by atoms with Crippen molar-refractivity contribution < 1.29 is 0 Å². The first kappa shape index (κ1) is 11.3. The fourth-order valence-electron chi connectivity index (χ4n) is 2.31. The molecular weight excluding hydrogens is 270 g/mol. The number of hydrogen-bond donors (Lipinski definition) is 1. The minimum absolute atomic E-state index is 0.0369. The highest BCUT2D eigenvalue weighted by Gasteiger charge is 2.10. The van der Waals surface area contributed by atoms with Crippen LogP contribution in [0.2, 0.25) is 0 Å². The zero-order chi connectivity index (χ0) is 13.5. The van der Waals surface area contributed by atoms with Gasteiger partial charge in [0.25, 0.3) is 0 Å². The standard InChI is InChI=1S/C15H9N3OS/c19-12-8-14(20-13-7-2-1-4-9(12)13)10-5-3-6-11-15(10)17-18-16-11/h1-8H,(H,16,17,18). The highest BCUT2D eigenvalue weighted by Crippen LogP contribution is 2.31. The maximum atomic E-state index is 12.2. The zero-order valence-corrected chi connectivity index (χ0v) is 11.1. The average molecular weight is 279 g/mol. The Bertz CT molecular complexity index is 987. The van der Waals surface area contributed by atoms with Crippen LogP contribution in [-0.4, -0.2) is 15.4 Å². The molecule has 0 aliphatic carbocycles. The van der Waals surface area contributed by atoms with Gasteiger partial charge in [0.15, 0.2) is 5.43 Å². The predicted octanol–water partition coefficient (Wildman–Crippen LogP) is 3.20. The van der Waals surface area contributed by atoms with E-state index < -0.39 is 0 Å². The number of aromatic amines is 1. The molecule has 1 N–H and O–H groups in total. The van der Waals surface area contributed by atoms with Crippen molar-refractivity contribution in [3.05, 3.63) is 58.8 Å². The number of fused-ring (bicyclic) bond motifs is 2. The van der Waals surface area contributed by atoms with Crippen LogP contribution in [0.3, 0.4) is 0 Å². The molecule has 0 spiro atoms. The van der Waals surface area contributed by atoms with Crippen molar-refractivity contribution in [1.29, 1.82) is 0 Å². The first-order valence-corrected chi connectivity index (χ1v) is 6.97. The van der Waals surface area contributed by atoms with Crippen molar-refractivity contribution in [3.8, 4) is 10.4 Å². The summed E-state index contributed by atoms with van der Waals surface area (Å²) in [5.41, 5.74) is 2.63. The summed E-state index contributed by atoms with van der Waals surface area (Å²) in [4.78, 5) is 13.1. The molecule has 20 heavy (non-hydrogen) atoms. The summed E-state index contributed by atoms with van der Waals surface area (Å²) in [7, 11) is 0. The van der Waals surface area contributed by atoms with E-state index in [1.807, 2.05) is 42.5 Å². The highest BCUT2D eigenvalue weighted by molar-refractivity contribution is 7.21. The molecule has 0 atom stereocenters. The summed E-state index contributed by atoms with van der Waals surface area (Å²) in [6.45, 7) is 0. The van der Waals surface area contributed by atoms with E-state index in [1.54, 1.807) is 17.4 Å². The zero-order valence-electron chi connectivity index (χ0n) is 10.3. The molecule has 2 aromatic carbocycles. The van der Waals surface area contributed by atoms with Crippen LogP contribution in [0.25, 0.3) is 31.6 Å². The maximum absolute atomic E-state index is 12.2. The number of nitrogens with one attached hydrogen (secondary N) is 1. The Hall–Kier alpha value is -2.53. The second kappa shape index (κ2) is 4.25. The largest absolute Gasteiger partial charge is 0.289 e. The van der Waals surface area contributed by atoms with Gasteiger partial charge >= 0.3 is 0 Å². The van der Waals surface area contributed by atoms with Crippen molar-refractivity contribution in [2.24, 2.45) is 0 Å². The summed E-state index contributed by atoms with van der Waals surface area (Å²) < 4.78 is 0.982. The number of H-pyrrole nitrogens is 1. The minimum atomic E-state index is 0.0369. The Morgan fingerprint density at radius 1 is 1.05 bits per heavy atom. The van der Waals surface area contributed by atoms with Crippen molar-refractivity contribution in [3.63, 3.8) is 0 Å². The van der Waals surface area contributed by atoms with Crippen molar-refractivity contribution >= 4 is 32.5 Å². The lowest BCUT2D eigenvalue weighted by Gasteiger charge is -2.03. The Morgan fingerprint density at radius 2 is 1.95 bits per heavy atom. The minimum Gasteiger partial charge on any atom is -0.289 e. The van der Waals surface area contributed by atoms with Crippen LogP contribution in [0.1, 0.15) is 0 Å². The SMILES string of the molecule is O=c1cc(-c2cccc3[nH]nnc23)sc2ccccc12. The van der Waals surface area contributed by atoms with E-state index in [2.05, 4.69) is 15.4 Å². The van der Waals surface area contributed by atoms with Crippen LogP contribution in [0.5, 0.6) is 0 Å². The third-order valence-corrected chi connectivity index (χ3v) is 4.39. The van der Waals surface area contributed by atoms with Gasteiger partial charge in [-0.15, -0.1) is 16.4 Å². The van der Waals surface area contributed by atoms with Gasteiger partial charge in [-0.3, -0.25) is 9.89 Å². The molecule has 2 heterocycles. The smallest absolute Gasteiger partial charge is 0.188 e. The predicted molar refractivity (Wildman–Crippen MR) is 81.0 cm³/mol. The molecule has 0 saturated carbocycles. The van der Waals surface area contributed by atoms with E-state index in [0.29, 0.717) is 0 Å². The number of aromatic nitrogens is 3. The molecule has 5 heteroatoms. The third kappa shape index (κ3) is 1.64. The Kier molecular flexibility index (Phi) is 2.40. The molecule has 2 aromatic heterocycles. The van der Waals surface area contributed by atoms with Crippen molar-refractivity contribution in [2.75, 3.05) is 0 Å². The Morgan fingerprint density at radius 3 is 2.90 bits per heavy atom. The number of benzene rings is 2. The summed E-state index contributed by atoms with van der Waals surface area (Å²) >= 11 is 1.59. The molecule has 0 radical (unpaired) electrons. The van der Waals surface area contributed by atoms with E-state index in [1.165, 1.54) is 0 Å². The molecule has 96 valence electrons. The second-order valence-corrected chi connectivity index (χ2v) is 5.57. The Balaban J connectivity index is 2.08. The van der Waals surface area contributed by atoms with Crippen LogP contribution in [-0.2, 0) is 0 Å². The van der Waals surface area contributed by atoms with Crippen LogP contribution < -0.4 is 5.43 Å². The number of hydrogen-bond acceptors (Lipinski definition) is 4. The summed E-state index contributed by atoms with van der Waals surface area (Å²) in [5, 5.41) is 11.5. The van der Waals surface area contributed by atoms with Crippen LogP contribution in [0.4, 0.5) is 0 Å². The van der Waals surface area contributed by atoms with Gasteiger partial charge in [0.05, 0.1) is 5.52 Å². The third-order valence-electron chi connectivity index (χ3n) is 3.26. The number of rotatable bonds is 1. The second-order valence-electron chi connectivity index (χ2n) is 4.48. The van der Waals surface area contributed by atoms with Gasteiger partial charge in [-0.25, -0.2) is 0 Å². The van der Waals surface area contributed by atoms with Gasteiger partial charge in [-0.2, -0.15) is 0 Å². The molecule has 4 rings (SSSR count). The fraction of sp³-hybridized carbons (Fsp3) is 0. The van der Waals surface area contributed by atoms with Crippen LogP contribution in [0.15, 0.2) is 53.3 Å². The summed E-state index contributed by atoms with van der Waals surface area (Å²) in [6.07, 6.45) is 0. The molecule has 0 fully saturated rings. The van der Waals surface area contributed by atoms with Gasteiger partial charge in [0.1, 0.15) is 5.52 Å². The van der Waals surface area contributed by atoms with Crippen molar-refractivity contribution in [1.82, 2.24) is 15.4 Å². The molecule has 0 amide bonds. The fourth-order valence-corrected chi connectivity index (χ4v) is 3.41. The number of nitrogens with zero attached hydrogens (tertiary/aromatic N) is 2. The van der Waals surface area contributed by atoms with Gasteiger partial charge < -0.3 is 0 Å². The van der Waals surface area contributed by atoms with Crippen LogP contribution in [0, 0.1) is 0 Å². The molecule has 0 unspecified atom stereocenters. The molecule has 0 aliphatic rings. The lowest BCUT2D eigenvalue weighted by Crippen LogP contribution is -1.98. The molecule has 0 saturated heterocycles. The van der Waals surface area contributed by atoms with Gasteiger partial charge in [-0.05, 0) is 18.2 Å². The quantitative estimate of drug-likeness (QED) is 0.582. The first-order valence-electron chi connectivity index (χ1n) is 6.16. The molecular formula is C15H9N3OS. The van der Waals surface area contributed by atoms with E-state index in [0.717, 1.165) is 31.6 Å². The van der Waals surface area contributed by atoms with Gasteiger partial charge in [0.2, 0.25) is 0 Å². The molecule has 0 bridgehead atoms. The normalized spacial score (nSPS) is 11.2. The summed E-state index contributed by atoms with van der Waals surface area (Å²) in [5.74, 6) is 0. The average Bonchev–Trinajstić information content (AvgIpc) is 2.95. The monoisotopic (exact) mass is 279 g/mol. The molecule has 0 aliphatic heterocycles. The van der Waals surface area contributed by atoms with Crippen LogP contribution >= 0.6 is 11.3 Å². The van der Waals surface area contributed by atoms with Crippen molar-refractivity contribution in [2.45, 2.75) is 0 Å². The van der Waals surface area contributed by atoms with Gasteiger partial charge in [-0.1, -0.05) is 29.5 Å². The van der Waals surface area contributed by atoms with E-state index in [9.17, 15) is 4.79 Å². The van der Waals surface area contributed by atoms with E-state index >= 15 is 0 Å². The maximum Gasteiger partial charge on any atom is 0.188 e. The lowest BCUT2D eigenvalue weighted by atomic mass is 10.1.